The molecule has 4 N–H and O–H groups in total. The summed E-state index contributed by atoms with van der Waals surface area (Å²) >= 11 is 2.65. The van der Waals surface area contributed by atoms with E-state index in [9.17, 15) is 9.59 Å². The molecule has 0 saturated carbocycles. The third-order valence-corrected chi connectivity index (χ3v) is 4.58. The monoisotopic (exact) mass is 303 g/mol. The summed E-state index contributed by atoms with van der Waals surface area (Å²) in [4.78, 5) is 22.6. The molecular weight excluding hydrogens is 286 g/mol. The molecule has 1 aromatic heterocycles. The molecule has 0 bridgehead atoms. The fourth-order valence-corrected chi connectivity index (χ4v) is 3.30. The van der Waals surface area contributed by atoms with Crippen LogP contribution in [0.25, 0.3) is 0 Å². The molecule has 0 aliphatic carbocycles. The van der Waals surface area contributed by atoms with Crippen molar-refractivity contribution in [2.75, 3.05) is 11.9 Å². The van der Waals surface area contributed by atoms with Crippen molar-refractivity contribution in [3.05, 3.63) is 0 Å². The Balaban J connectivity index is 2.72. The molecule has 0 spiro atoms. The van der Waals surface area contributed by atoms with Crippen LogP contribution in [0.1, 0.15) is 20.8 Å². The number of nitrogens with two attached hydrogens (primary N) is 1. The molecule has 1 aromatic rings. The highest BCUT2D eigenvalue weighted by Crippen LogP contribution is 2.32. The normalized spacial score (nSPS) is 12.2. The zero-order valence-corrected chi connectivity index (χ0v) is 12.6. The summed E-state index contributed by atoms with van der Waals surface area (Å²) in [5.41, 5.74) is 4.95. The number of amides is 3. The summed E-state index contributed by atoms with van der Waals surface area (Å²) in [5, 5.41) is 13.4. The lowest BCUT2D eigenvalue weighted by Crippen LogP contribution is -2.42. The molecule has 0 aromatic carbocycles. The second-order valence-corrected chi connectivity index (χ2v) is 6.41. The first kappa shape index (κ1) is 15.7. The van der Waals surface area contributed by atoms with E-state index in [1.807, 2.05) is 20.8 Å². The molecule has 3 amide bonds. The van der Waals surface area contributed by atoms with E-state index in [0.29, 0.717) is 9.47 Å². The Kier molecular flexibility index (Phi) is 6.03. The molecule has 9 heteroatoms. The lowest BCUT2D eigenvalue weighted by molar-refractivity contribution is -0.120. The Hall–Kier alpha value is -1.35. The van der Waals surface area contributed by atoms with Gasteiger partial charge in [-0.25, -0.2) is 4.79 Å². The Bertz CT molecular complexity index is 449. The van der Waals surface area contributed by atoms with Crippen LogP contribution in [-0.4, -0.2) is 33.9 Å². The Morgan fingerprint density at radius 2 is 2.11 bits per heavy atom. The predicted molar refractivity (Wildman–Crippen MR) is 76.3 cm³/mol. The lowest BCUT2D eigenvalue weighted by atomic mass is 10.1. The summed E-state index contributed by atoms with van der Waals surface area (Å²) in [6.45, 7) is 6.51. The number of nitrogens with zero attached hydrogens (tertiary/aromatic N) is 2. The minimum Gasteiger partial charge on any atom is -0.360 e. The van der Waals surface area contributed by atoms with E-state index in [1.165, 1.54) is 23.1 Å². The van der Waals surface area contributed by atoms with E-state index in [0.717, 1.165) is 6.54 Å². The van der Waals surface area contributed by atoms with Gasteiger partial charge in [0.25, 0.3) is 0 Å². The summed E-state index contributed by atoms with van der Waals surface area (Å²) in [6.07, 6.45) is 0. The highest BCUT2D eigenvalue weighted by Gasteiger charge is 2.26. The number of thioether (sulfide) groups is 1. The van der Waals surface area contributed by atoms with Crippen LogP contribution >= 0.6 is 23.1 Å². The van der Waals surface area contributed by atoms with Gasteiger partial charge in [-0.1, -0.05) is 36.9 Å². The van der Waals surface area contributed by atoms with Crippen LogP contribution in [0, 0.1) is 5.92 Å². The fraction of sp³-hybridized carbons (Fsp3) is 0.600. The second kappa shape index (κ2) is 7.29. The average Bonchev–Trinajstić information content (AvgIpc) is 2.72. The molecule has 0 radical (unpaired) electrons. The summed E-state index contributed by atoms with van der Waals surface area (Å²) in [6, 6.07) is -0.846. The van der Waals surface area contributed by atoms with Crippen LogP contribution in [0.4, 0.5) is 9.93 Å². The van der Waals surface area contributed by atoms with Crippen LogP contribution < -0.4 is 16.4 Å². The average molecular weight is 303 g/mol. The van der Waals surface area contributed by atoms with E-state index >= 15 is 0 Å². The maximum Gasteiger partial charge on any atom is 0.318 e. The number of imide groups is 1. The number of carbonyl (C=O) groups is 2. The third kappa shape index (κ3) is 5.03. The molecule has 7 nitrogen and oxygen atoms in total. The molecule has 106 valence electrons. The zero-order valence-electron chi connectivity index (χ0n) is 11.0. The van der Waals surface area contributed by atoms with E-state index in [-0.39, 0.29) is 5.92 Å². The molecule has 1 heterocycles. The van der Waals surface area contributed by atoms with Crippen molar-refractivity contribution >= 4 is 40.2 Å². The summed E-state index contributed by atoms with van der Waals surface area (Å²) in [5.74, 6) is -0.372. The van der Waals surface area contributed by atoms with Crippen LogP contribution in [0.3, 0.4) is 0 Å². The van der Waals surface area contributed by atoms with Gasteiger partial charge >= 0.3 is 6.03 Å². The maximum atomic E-state index is 11.8. The van der Waals surface area contributed by atoms with Gasteiger partial charge in [-0.2, -0.15) is 0 Å². The Morgan fingerprint density at radius 3 is 2.63 bits per heavy atom. The minimum atomic E-state index is -0.846. The first-order valence-corrected chi connectivity index (χ1v) is 7.48. The van der Waals surface area contributed by atoms with E-state index in [4.69, 9.17) is 5.73 Å². The second-order valence-electron chi connectivity index (χ2n) is 4.04. The number of carbonyl (C=O) groups excluding carboxylic acids is 2. The van der Waals surface area contributed by atoms with Crippen LogP contribution in [0.5, 0.6) is 0 Å². The van der Waals surface area contributed by atoms with E-state index in [1.54, 1.807) is 0 Å². The van der Waals surface area contributed by atoms with Gasteiger partial charge < -0.3 is 11.1 Å². The number of primary amides is 1. The minimum absolute atomic E-state index is 0.0378. The summed E-state index contributed by atoms with van der Waals surface area (Å²) < 4.78 is 0.675. The fourth-order valence-electron chi connectivity index (χ4n) is 1.27. The number of anilines is 1. The van der Waals surface area contributed by atoms with Gasteiger partial charge in [0.15, 0.2) is 4.34 Å². The van der Waals surface area contributed by atoms with Gasteiger partial charge in [-0.15, -0.1) is 10.2 Å². The van der Waals surface area contributed by atoms with Crippen molar-refractivity contribution < 1.29 is 9.59 Å². The van der Waals surface area contributed by atoms with Gasteiger partial charge in [-0.3, -0.25) is 10.1 Å². The molecular formula is C10H17N5O2S2. The van der Waals surface area contributed by atoms with Crippen molar-refractivity contribution in [1.82, 2.24) is 15.5 Å². The van der Waals surface area contributed by atoms with Gasteiger partial charge in [0.05, 0.1) is 5.25 Å². The topological polar surface area (TPSA) is 110 Å². The van der Waals surface area contributed by atoms with Crippen molar-refractivity contribution in [1.29, 1.82) is 0 Å². The predicted octanol–water partition coefficient (Wildman–Crippen LogP) is 1.28. The number of nitrogens with one attached hydrogen (secondary N) is 2. The smallest absolute Gasteiger partial charge is 0.318 e. The molecule has 19 heavy (non-hydrogen) atoms. The number of aromatic nitrogens is 2. The Labute approximate surface area is 119 Å². The largest absolute Gasteiger partial charge is 0.360 e. The number of hydrogen-bond acceptors (Lipinski definition) is 7. The first-order chi connectivity index (χ1) is 8.93. The van der Waals surface area contributed by atoms with Crippen LogP contribution in [0.15, 0.2) is 4.34 Å². The van der Waals surface area contributed by atoms with Gasteiger partial charge in [0.1, 0.15) is 0 Å². The van der Waals surface area contributed by atoms with Gasteiger partial charge in [0.2, 0.25) is 11.0 Å². The van der Waals surface area contributed by atoms with Crippen molar-refractivity contribution in [3.63, 3.8) is 0 Å². The molecule has 0 saturated heterocycles. The molecule has 0 aliphatic rings. The van der Waals surface area contributed by atoms with Crippen LogP contribution in [0.2, 0.25) is 0 Å². The molecule has 0 fully saturated rings. The highest BCUT2D eigenvalue weighted by atomic mass is 32.2. The quantitative estimate of drug-likeness (QED) is 0.683. The molecule has 1 atom stereocenters. The number of urea groups is 1. The van der Waals surface area contributed by atoms with Gasteiger partial charge in [0, 0.05) is 6.54 Å². The third-order valence-electron chi connectivity index (χ3n) is 2.07. The van der Waals surface area contributed by atoms with Gasteiger partial charge in [-0.05, 0) is 12.8 Å². The van der Waals surface area contributed by atoms with Crippen molar-refractivity contribution in [3.8, 4) is 0 Å². The van der Waals surface area contributed by atoms with Crippen molar-refractivity contribution in [2.45, 2.75) is 30.4 Å². The standard InChI is InChI=1S/C10H17N5O2S2/c1-4-12-9-14-15-10(19-9)18-6(5(2)3)7(16)13-8(11)17/h5-6H,4H2,1-3H3,(H,12,14)(H3,11,13,16,17)/t6-/m1/s1. The number of hydrogen-bond donors (Lipinski definition) is 3. The maximum absolute atomic E-state index is 11.8. The summed E-state index contributed by atoms with van der Waals surface area (Å²) in [7, 11) is 0. The highest BCUT2D eigenvalue weighted by molar-refractivity contribution is 8.02. The zero-order chi connectivity index (χ0) is 14.4. The lowest BCUT2D eigenvalue weighted by Gasteiger charge is -2.16. The van der Waals surface area contributed by atoms with Crippen molar-refractivity contribution in [2.24, 2.45) is 11.7 Å². The Morgan fingerprint density at radius 1 is 1.42 bits per heavy atom. The first-order valence-electron chi connectivity index (χ1n) is 5.78. The molecule has 1 rings (SSSR count). The van der Waals surface area contributed by atoms with E-state index in [2.05, 4.69) is 20.8 Å². The molecule has 0 unspecified atom stereocenters. The molecule has 0 aliphatic heterocycles. The van der Waals surface area contributed by atoms with E-state index < -0.39 is 17.2 Å². The van der Waals surface area contributed by atoms with Crippen LogP contribution in [-0.2, 0) is 4.79 Å². The number of rotatable bonds is 6. The SMILES string of the molecule is CCNc1nnc(S[C@@H](C(=O)NC(N)=O)C(C)C)s1.